The van der Waals surface area contributed by atoms with Crippen LogP contribution in [0.15, 0.2) is 70.5 Å². The lowest BCUT2D eigenvalue weighted by Gasteiger charge is -2.31. The van der Waals surface area contributed by atoms with Gasteiger partial charge in [0.2, 0.25) is 0 Å². The lowest BCUT2D eigenvalue weighted by Crippen LogP contribution is -2.34. The van der Waals surface area contributed by atoms with Crippen LogP contribution < -0.4 is 10.2 Å². The summed E-state index contributed by atoms with van der Waals surface area (Å²) in [7, 11) is 0. The lowest BCUT2D eigenvalue weighted by atomic mass is 10.2. The van der Waals surface area contributed by atoms with Gasteiger partial charge in [0.05, 0.1) is 27.4 Å². The Hall–Kier alpha value is -3.32. The quantitative estimate of drug-likeness (QED) is 0.497. The Bertz CT molecular complexity index is 1180. The molecule has 0 bridgehead atoms. The largest absolute Gasteiger partial charge is 0.450 e. The van der Waals surface area contributed by atoms with Crippen LogP contribution in [0.3, 0.4) is 0 Å². The van der Waals surface area contributed by atoms with Gasteiger partial charge in [0.15, 0.2) is 0 Å². The van der Waals surface area contributed by atoms with Crippen molar-refractivity contribution in [3.63, 3.8) is 0 Å². The molecule has 0 radical (unpaired) electrons. The van der Waals surface area contributed by atoms with Crippen LogP contribution in [0, 0.1) is 0 Å². The smallest absolute Gasteiger partial charge is 0.407 e. The highest BCUT2D eigenvalue weighted by molar-refractivity contribution is 7.99. The van der Waals surface area contributed by atoms with Gasteiger partial charge >= 0.3 is 6.09 Å². The third-order valence-electron chi connectivity index (χ3n) is 4.95. The van der Waals surface area contributed by atoms with E-state index in [0.717, 1.165) is 43.2 Å². The maximum Gasteiger partial charge on any atom is 0.407 e. The van der Waals surface area contributed by atoms with Crippen molar-refractivity contribution in [1.29, 1.82) is 0 Å². The molecule has 150 valence electrons. The van der Waals surface area contributed by atoms with E-state index in [1.807, 2.05) is 36.4 Å². The first-order chi connectivity index (χ1) is 14.7. The summed E-state index contributed by atoms with van der Waals surface area (Å²) in [6.07, 6.45) is -0.415. The van der Waals surface area contributed by atoms with Gasteiger partial charge in [-0.15, -0.1) is 0 Å². The number of para-hydroxylation sites is 2. The van der Waals surface area contributed by atoms with Crippen molar-refractivity contribution in [2.75, 3.05) is 24.6 Å². The number of amides is 1. The van der Waals surface area contributed by atoms with Crippen LogP contribution in [-0.2, 0) is 4.74 Å². The van der Waals surface area contributed by atoms with Crippen LogP contribution in [-0.4, -0.2) is 35.8 Å². The van der Waals surface area contributed by atoms with Crippen LogP contribution in [0.2, 0.25) is 0 Å². The van der Waals surface area contributed by atoms with E-state index in [1.165, 1.54) is 0 Å². The summed E-state index contributed by atoms with van der Waals surface area (Å²) in [6, 6.07) is 20.5. The molecule has 6 nitrogen and oxygen atoms in total. The summed E-state index contributed by atoms with van der Waals surface area (Å²) in [5, 5.41) is 5.01. The standard InChI is InChI=1S/C23H20N4O2S/c1-2-29-23(28)24-11-12-27-21-19(13-15-7-3-5-9-17(15)25-21)30-20-14-16-8-4-6-10-18(16)26-22(20)27/h3-10,13-14H,2,11-12H2,1H3,(H,24,28). The number of pyridine rings is 2. The second-order valence-electron chi connectivity index (χ2n) is 6.91. The number of anilines is 2. The summed E-state index contributed by atoms with van der Waals surface area (Å²) in [5.74, 6) is 1.72. The summed E-state index contributed by atoms with van der Waals surface area (Å²) in [4.78, 5) is 25.8. The molecule has 0 unspecified atom stereocenters. The van der Waals surface area contributed by atoms with E-state index < -0.39 is 6.09 Å². The number of nitrogens with one attached hydrogen (secondary N) is 1. The van der Waals surface area contributed by atoms with E-state index >= 15 is 0 Å². The molecule has 5 rings (SSSR count). The fourth-order valence-corrected chi connectivity index (χ4v) is 4.70. The molecule has 1 aliphatic rings. The van der Waals surface area contributed by atoms with E-state index in [4.69, 9.17) is 14.7 Å². The Balaban J connectivity index is 1.58. The van der Waals surface area contributed by atoms with Crippen LogP contribution in [0.25, 0.3) is 21.8 Å². The summed E-state index contributed by atoms with van der Waals surface area (Å²) in [6.45, 7) is 3.10. The molecule has 0 saturated carbocycles. The second-order valence-corrected chi connectivity index (χ2v) is 7.99. The van der Waals surface area contributed by atoms with E-state index in [9.17, 15) is 4.79 Å². The van der Waals surface area contributed by atoms with Gasteiger partial charge in [0.1, 0.15) is 11.6 Å². The van der Waals surface area contributed by atoms with Gasteiger partial charge in [0.25, 0.3) is 0 Å². The SMILES string of the molecule is CCOC(=O)NCCN1c2nc3ccccc3cc2Sc2cc3ccccc3nc21. The van der Waals surface area contributed by atoms with Crippen molar-refractivity contribution in [2.24, 2.45) is 0 Å². The van der Waals surface area contributed by atoms with Crippen molar-refractivity contribution in [3.8, 4) is 0 Å². The molecule has 0 saturated heterocycles. The van der Waals surface area contributed by atoms with Crippen molar-refractivity contribution < 1.29 is 9.53 Å². The number of alkyl carbamates (subject to hydrolysis) is 1. The summed E-state index contributed by atoms with van der Waals surface area (Å²) < 4.78 is 4.98. The predicted octanol–water partition coefficient (Wildman–Crippen LogP) is 5.13. The number of benzene rings is 2. The minimum absolute atomic E-state index is 0.346. The summed E-state index contributed by atoms with van der Waals surface area (Å²) in [5.41, 5.74) is 1.87. The molecule has 0 atom stereocenters. The maximum absolute atomic E-state index is 11.7. The first-order valence-electron chi connectivity index (χ1n) is 9.88. The number of nitrogens with zero attached hydrogens (tertiary/aromatic N) is 3. The minimum atomic E-state index is -0.415. The molecule has 0 aliphatic carbocycles. The van der Waals surface area contributed by atoms with E-state index in [-0.39, 0.29) is 0 Å². The molecule has 2 aromatic heterocycles. The van der Waals surface area contributed by atoms with Crippen molar-refractivity contribution >= 4 is 51.3 Å². The monoisotopic (exact) mass is 416 g/mol. The molecule has 0 spiro atoms. The fraction of sp³-hybridized carbons (Fsp3) is 0.174. The van der Waals surface area contributed by atoms with E-state index in [1.54, 1.807) is 18.7 Å². The molecule has 4 aromatic rings. The lowest BCUT2D eigenvalue weighted by molar-refractivity contribution is 0.152. The average Bonchev–Trinajstić information content (AvgIpc) is 2.76. The van der Waals surface area contributed by atoms with E-state index in [2.05, 4.69) is 34.5 Å². The second kappa shape index (κ2) is 7.84. The fourth-order valence-electron chi connectivity index (χ4n) is 3.59. The topological polar surface area (TPSA) is 67.3 Å². The molecule has 3 heterocycles. The van der Waals surface area contributed by atoms with Crippen molar-refractivity contribution in [3.05, 3.63) is 60.7 Å². The van der Waals surface area contributed by atoms with Gasteiger partial charge in [-0.1, -0.05) is 48.2 Å². The average molecular weight is 417 g/mol. The highest BCUT2D eigenvalue weighted by Gasteiger charge is 2.27. The molecular formula is C23H20N4O2S. The van der Waals surface area contributed by atoms with Gasteiger partial charge in [-0.05, 0) is 31.2 Å². The number of hydrogen-bond acceptors (Lipinski definition) is 6. The molecule has 0 fully saturated rings. The number of carbonyl (C=O) groups is 1. The Morgan fingerprint density at radius 3 is 2.10 bits per heavy atom. The molecular weight excluding hydrogens is 396 g/mol. The molecule has 1 N–H and O–H groups in total. The third kappa shape index (κ3) is 3.41. The molecule has 1 aliphatic heterocycles. The van der Waals surface area contributed by atoms with Crippen molar-refractivity contribution in [1.82, 2.24) is 15.3 Å². The van der Waals surface area contributed by atoms with Gasteiger partial charge < -0.3 is 15.0 Å². The van der Waals surface area contributed by atoms with Gasteiger partial charge in [-0.3, -0.25) is 0 Å². The highest BCUT2D eigenvalue weighted by Crippen LogP contribution is 2.47. The number of carbonyl (C=O) groups excluding carboxylic acids is 1. The highest BCUT2D eigenvalue weighted by atomic mass is 32.2. The zero-order chi connectivity index (χ0) is 20.5. The zero-order valence-corrected chi connectivity index (χ0v) is 17.3. The van der Waals surface area contributed by atoms with Crippen LogP contribution in [0.1, 0.15) is 6.92 Å². The van der Waals surface area contributed by atoms with Crippen LogP contribution >= 0.6 is 11.8 Å². The predicted molar refractivity (Wildman–Crippen MR) is 120 cm³/mol. The Morgan fingerprint density at radius 2 is 1.53 bits per heavy atom. The number of aromatic nitrogens is 2. The number of rotatable bonds is 4. The van der Waals surface area contributed by atoms with Gasteiger partial charge in [-0.2, -0.15) is 0 Å². The van der Waals surface area contributed by atoms with Gasteiger partial charge in [-0.25, -0.2) is 14.8 Å². The van der Waals surface area contributed by atoms with Gasteiger partial charge in [0, 0.05) is 23.9 Å². The Kier molecular flexibility index (Phi) is 4.88. The van der Waals surface area contributed by atoms with E-state index in [0.29, 0.717) is 19.7 Å². The molecule has 30 heavy (non-hydrogen) atoms. The normalized spacial score (nSPS) is 12.5. The van der Waals surface area contributed by atoms with Crippen LogP contribution in [0.4, 0.5) is 16.4 Å². The first kappa shape index (κ1) is 18.7. The minimum Gasteiger partial charge on any atom is -0.450 e. The summed E-state index contributed by atoms with van der Waals surface area (Å²) >= 11 is 1.69. The number of ether oxygens (including phenoxy) is 1. The Labute approximate surface area is 178 Å². The zero-order valence-electron chi connectivity index (χ0n) is 16.5. The number of hydrogen-bond donors (Lipinski definition) is 1. The molecule has 2 aromatic carbocycles. The molecule has 7 heteroatoms. The van der Waals surface area contributed by atoms with Crippen LogP contribution in [0.5, 0.6) is 0 Å². The Morgan fingerprint density at radius 1 is 0.967 bits per heavy atom. The molecule has 1 amide bonds. The maximum atomic E-state index is 11.7. The third-order valence-corrected chi connectivity index (χ3v) is 5.99. The number of fused-ring (bicyclic) bond motifs is 4. The first-order valence-corrected chi connectivity index (χ1v) is 10.7. The van der Waals surface area contributed by atoms with Crippen molar-refractivity contribution in [2.45, 2.75) is 16.7 Å².